The van der Waals surface area contributed by atoms with Gasteiger partial charge < -0.3 is 10.2 Å². The highest BCUT2D eigenvalue weighted by atomic mass is 32.1. The molecule has 0 atom stereocenters. The van der Waals surface area contributed by atoms with Gasteiger partial charge in [-0.15, -0.1) is 0 Å². The van der Waals surface area contributed by atoms with Gasteiger partial charge in [0.15, 0.2) is 5.82 Å². The summed E-state index contributed by atoms with van der Waals surface area (Å²) in [5.41, 5.74) is 5.58. The van der Waals surface area contributed by atoms with Crippen molar-refractivity contribution in [1.82, 2.24) is 8.94 Å². The van der Waals surface area contributed by atoms with Gasteiger partial charge in [-0.25, -0.2) is 8.52 Å². The SMILES string of the molecule is Cc1ccc(NP(=O)(/N=c2/nc(-c3ccccc3)n(-c3ccccc3)s2)Nc2ccc(C)cc2)cc1. The Morgan fingerprint density at radius 3 is 1.75 bits per heavy atom. The van der Waals surface area contributed by atoms with Crippen molar-refractivity contribution in [2.45, 2.75) is 13.8 Å². The highest BCUT2D eigenvalue weighted by molar-refractivity contribution is 7.65. The molecule has 0 aliphatic carbocycles. The molecule has 36 heavy (non-hydrogen) atoms. The van der Waals surface area contributed by atoms with Crippen molar-refractivity contribution >= 4 is 30.5 Å². The molecule has 0 saturated heterocycles. The van der Waals surface area contributed by atoms with Gasteiger partial charge in [-0.1, -0.05) is 83.9 Å². The number of para-hydroxylation sites is 1. The van der Waals surface area contributed by atoms with Crippen LogP contribution in [0.5, 0.6) is 0 Å². The van der Waals surface area contributed by atoms with Crippen LogP contribution in [-0.2, 0) is 4.57 Å². The van der Waals surface area contributed by atoms with E-state index in [1.807, 2.05) is 127 Å². The lowest BCUT2D eigenvalue weighted by Gasteiger charge is -2.18. The number of nitrogens with zero attached hydrogens (tertiary/aromatic N) is 3. The number of benzene rings is 4. The molecule has 0 unspecified atom stereocenters. The van der Waals surface area contributed by atoms with Crippen molar-refractivity contribution in [2.24, 2.45) is 4.76 Å². The van der Waals surface area contributed by atoms with E-state index >= 15 is 0 Å². The fourth-order valence-corrected chi connectivity index (χ4v) is 6.32. The zero-order chi connectivity index (χ0) is 25.0. The third kappa shape index (κ3) is 5.65. The summed E-state index contributed by atoms with van der Waals surface area (Å²) in [6.07, 6.45) is 0. The van der Waals surface area contributed by atoms with E-state index < -0.39 is 7.59 Å². The zero-order valence-electron chi connectivity index (χ0n) is 20.0. The van der Waals surface area contributed by atoms with Crippen molar-refractivity contribution in [3.8, 4) is 17.1 Å². The standard InChI is InChI=1S/C28H26N5OPS/c1-21-13-17-24(18-14-21)30-35(34,31-25-19-15-22(2)16-20-25)32-28-29-27(23-9-5-3-6-10-23)33(36-28)26-11-7-4-8-12-26/h3-20H,1-2H3,(H2,30,31,34)/b32-28-. The Bertz CT molecular complexity index is 1450. The molecule has 180 valence electrons. The Hall–Kier alpha value is -3.93. The van der Waals surface area contributed by atoms with E-state index in [9.17, 15) is 4.57 Å². The lowest BCUT2D eigenvalue weighted by molar-refractivity contribution is 0.582. The van der Waals surface area contributed by atoms with Crippen LogP contribution in [0.1, 0.15) is 11.1 Å². The van der Waals surface area contributed by atoms with E-state index in [4.69, 9.17) is 4.98 Å². The van der Waals surface area contributed by atoms with Gasteiger partial charge >= 0.3 is 7.59 Å². The Morgan fingerprint density at radius 1 is 0.722 bits per heavy atom. The monoisotopic (exact) mass is 511 g/mol. The van der Waals surface area contributed by atoms with Crippen molar-refractivity contribution in [1.29, 1.82) is 0 Å². The number of aryl methyl sites for hydroxylation is 2. The smallest absolute Gasteiger partial charge is 0.303 e. The minimum absolute atomic E-state index is 0.403. The van der Waals surface area contributed by atoms with Gasteiger partial charge in [0, 0.05) is 16.9 Å². The number of hydrogen-bond acceptors (Lipinski definition) is 3. The van der Waals surface area contributed by atoms with E-state index in [1.165, 1.54) is 11.5 Å². The van der Waals surface area contributed by atoms with Gasteiger partial charge in [-0.2, -0.15) is 9.75 Å². The van der Waals surface area contributed by atoms with Crippen LogP contribution in [-0.4, -0.2) is 8.94 Å². The molecule has 1 heterocycles. The minimum Gasteiger partial charge on any atom is -0.303 e. The maximum atomic E-state index is 14.3. The van der Waals surface area contributed by atoms with Gasteiger partial charge in [0.1, 0.15) is 0 Å². The summed E-state index contributed by atoms with van der Waals surface area (Å²) in [6.45, 7) is 4.03. The van der Waals surface area contributed by atoms with Crippen LogP contribution < -0.4 is 15.0 Å². The maximum absolute atomic E-state index is 14.3. The number of anilines is 2. The van der Waals surface area contributed by atoms with E-state index in [0.717, 1.165) is 28.2 Å². The Morgan fingerprint density at radius 2 is 1.22 bits per heavy atom. The summed E-state index contributed by atoms with van der Waals surface area (Å²) in [7, 11) is -3.55. The van der Waals surface area contributed by atoms with Crippen LogP contribution >= 0.6 is 19.1 Å². The summed E-state index contributed by atoms with van der Waals surface area (Å²) in [6, 6.07) is 35.4. The second-order valence-electron chi connectivity index (χ2n) is 8.44. The van der Waals surface area contributed by atoms with Crippen LogP contribution in [0.25, 0.3) is 17.1 Å². The molecule has 6 nitrogen and oxygen atoms in total. The number of aromatic nitrogens is 2. The Kier molecular flexibility index (Phi) is 6.85. The van der Waals surface area contributed by atoms with Gasteiger partial charge in [0.2, 0.25) is 4.80 Å². The largest absolute Gasteiger partial charge is 0.376 e. The average molecular weight is 512 g/mol. The van der Waals surface area contributed by atoms with Crippen molar-refractivity contribution in [3.05, 3.63) is 125 Å². The van der Waals surface area contributed by atoms with Gasteiger partial charge in [0.25, 0.3) is 0 Å². The first-order chi connectivity index (χ1) is 17.5. The third-order valence-corrected chi connectivity index (χ3v) is 8.12. The molecule has 1 aromatic heterocycles. The summed E-state index contributed by atoms with van der Waals surface area (Å²) < 4.78 is 20.9. The normalized spacial score (nSPS) is 11.9. The number of rotatable bonds is 7. The number of hydrogen-bond donors (Lipinski definition) is 2. The van der Waals surface area contributed by atoms with Crippen molar-refractivity contribution in [2.75, 3.05) is 10.2 Å². The molecule has 0 amide bonds. The first-order valence-electron chi connectivity index (χ1n) is 11.5. The average Bonchev–Trinajstić information content (AvgIpc) is 3.31. The van der Waals surface area contributed by atoms with Crippen LogP contribution in [0, 0.1) is 13.8 Å². The van der Waals surface area contributed by atoms with E-state index in [-0.39, 0.29) is 0 Å². The molecule has 8 heteroatoms. The molecule has 0 fully saturated rings. The molecule has 2 N–H and O–H groups in total. The van der Waals surface area contributed by atoms with Crippen LogP contribution in [0.15, 0.2) is 114 Å². The molecule has 5 aromatic rings. The fourth-order valence-electron chi connectivity index (χ4n) is 3.63. The predicted molar refractivity (Wildman–Crippen MR) is 150 cm³/mol. The summed E-state index contributed by atoms with van der Waals surface area (Å²) >= 11 is 1.35. The molecule has 0 spiro atoms. The molecule has 5 rings (SSSR count). The highest BCUT2D eigenvalue weighted by Crippen LogP contribution is 2.46. The Labute approximate surface area is 214 Å². The zero-order valence-corrected chi connectivity index (χ0v) is 21.7. The molecule has 0 saturated carbocycles. The first-order valence-corrected chi connectivity index (χ1v) is 14.0. The van der Waals surface area contributed by atoms with E-state index in [2.05, 4.69) is 14.9 Å². The molecular weight excluding hydrogens is 485 g/mol. The summed E-state index contributed by atoms with van der Waals surface area (Å²) in [5, 5.41) is 6.28. The van der Waals surface area contributed by atoms with Gasteiger partial charge in [0.05, 0.1) is 5.69 Å². The predicted octanol–water partition coefficient (Wildman–Crippen LogP) is 7.45. The quantitative estimate of drug-likeness (QED) is 0.223. The second-order valence-corrected chi connectivity index (χ2v) is 11.1. The summed E-state index contributed by atoms with van der Waals surface area (Å²) in [4.78, 5) is 5.22. The van der Waals surface area contributed by atoms with Crippen LogP contribution in [0.3, 0.4) is 0 Å². The molecule has 0 bridgehead atoms. The molecular formula is C28H26N5OPS. The third-order valence-electron chi connectivity index (χ3n) is 5.48. The molecule has 0 radical (unpaired) electrons. The number of nitrogens with one attached hydrogen (secondary N) is 2. The van der Waals surface area contributed by atoms with Crippen LogP contribution in [0.2, 0.25) is 0 Å². The van der Waals surface area contributed by atoms with Crippen molar-refractivity contribution in [3.63, 3.8) is 0 Å². The lowest BCUT2D eigenvalue weighted by Crippen LogP contribution is -2.09. The molecule has 0 aliphatic rings. The van der Waals surface area contributed by atoms with Crippen LogP contribution in [0.4, 0.5) is 11.4 Å². The minimum atomic E-state index is -3.55. The fraction of sp³-hybridized carbons (Fsp3) is 0.0714. The molecule has 4 aromatic carbocycles. The van der Waals surface area contributed by atoms with E-state index in [1.54, 1.807) is 0 Å². The first kappa shape index (κ1) is 23.8. The highest BCUT2D eigenvalue weighted by Gasteiger charge is 2.23. The second kappa shape index (κ2) is 10.4. The Balaban J connectivity index is 1.62. The lowest BCUT2D eigenvalue weighted by atomic mass is 10.2. The van der Waals surface area contributed by atoms with Gasteiger partial charge in [-0.3, -0.25) is 0 Å². The van der Waals surface area contributed by atoms with Gasteiger partial charge in [-0.05, 0) is 61.8 Å². The topological polar surface area (TPSA) is 71.3 Å². The molecule has 0 aliphatic heterocycles. The van der Waals surface area contributed by atoms with E-state index in [0.29, 0.717) is 16.2 Å². The van der Waals surface area contributed by atoms with Crippen molar-refractivity contribution < 1.29 is 4.57 Å². The summed E-state index contributed by atoms with van der Waals surface area (Å²) in [5.74, 6) is 0.739. The maximum Gasteiger partial charge on any atom is 0.376 e.